The molecule has 7 nitrogen and oxygen atoms in total. The van der Waals surface area contributed by atoms with E-state index in [0.717, 1.165) is 19.3 Å². The highest BCUT2D eigenvalue weighted by Crippen LogP contribution is 2.13. The predicted molar refractivity (Wildman–Crippen MR) is 104 cm³/mol. The summed E-state index contributed by atoms with van der Waals surface area (Å²) in [4.78, 5) is 25.1. The highest BCUT2D eigenvalue weighted by molar-refractivity contribution is 7.92. The molecule has 1 unspecified atom stereocenters. The van der Waals surface area contributed by atoms with Gasteiger partial charge in [0.05, 0.1) is 4.90 Å². The number of sulfone groups is 1. The lowest BCUT2D eigenvalue weighted by atomic mass is 10.1. The number of hydrogen-bond acceptors (Lipinski definition) is 5. The van der Waals surface area contributed by atoms with Crippen LogP contribution in [0.4, 0.5) is 0 Å². The summed E-state index contributed by atoms with van der Waals surface area (Å²) in [5, 5.41) is 2.85. The number of carbonyl (C=O) groups excluding carboxylic acids is 2. The molecular weight excluding hydrogens is 378 g/mol. The van der Waals surface area contributed by atoms with Crippen LogP contribution >= 0.6 is 12.4 Å². The Morgan fingerprint density at radius 2 is 1.77 bits per heavy atom. The van der Waals surface area contributed by atoms with Crippen molar-refractivity contribution in [2.75, 3.05) is 26.4 Å². The molecule has 2 amide bonds. The molecule has 1 aromatic carbocycles. The molecule has 148 valence electrons. The van der Waals surface area contributed by atoms with E-state index in [2.05, 4.69) is 12.2 Å². The van der Waals surface area contributed by atoms with Crippen LogP contribution in [-0.2, 0) is 14.6 Å². The predicted octanol–water partition coefficient (Wildman–Crippen LogP) is 1.22. The fraction of sp³-hybridized carbons (Fsp3) is 0.529. The van der Waals surface area contributed by atoms with Crippen molar-refractivity contribution in [1.29, 1.82) is 0 Å². The summed E-state index contributed by atoms with van der Waals surface area (Å²) < 4.78 is 24.4. The number of amides is 2. The highest BCUT2D eigenvalue weighted by Gasteiger charge is 2.21. The van der Waals surface area contributed by atoms with Crippen molar-refractivity contribution >= 4 is 34.1 Å². The van der Waals surface area contributed by atoms with Crippen LogP contribution in [0.15, 0.2) is 29.2 Å². The maximum Gasteiger partial charge on any atom is 0.251 e. The first kappa shape index (κ1) is 24.4. The van der Waals surface area contributed by atoms with E-state index in [-0.39, 0.29) is 29.3 Å². The fourth-order valence-electron chi connectivity index (χ4n) is 2.16. The Morgan fingerprint density at radius 1 is 1.19 bits per heavy atom. The average molecular weight is 406 g/mol. The van der Waals surface area contributed by atoms with Crippen LogP contribution in [-0.4, -0.2) is 57.6 Å². The fourth-order valence-corrected chi connectivity index (χ4v) is 3.46. The number of unbranched alkanes of at least 4 members (excludes halogenated alkanes) is 1. The van der Waals surface area contributed by atoms with Crippen molar-refractivity contribution in [3.63, 3.8) is 0 Å². The second-order valence-corrected chi connectivity index (χ2v) is 8.11. The zero-order valence-electron chi connectivity index (χ0n) is 15.4. The van der Waals surface area contributed by atoms with Crippen LogP contribution in [0, 0.1) is 0 Å². The molecule has 0 aliphatic heterocycles. The first-order valence-corrected chi connectivity index (χ1v) is 9.90. The maximum absolute atomic E-state index is 12.2. The quantitative estimate of drug-likeness (QED) is 0.641. The third kappa shape index (κ3) is 7.31. The van der Waals surface area contributed by atoms with E-state index in [1.54, 1.807) is 0 Å². The molecule has 0 radical (unpaired) electrons. The summed E-state index contributed by atoms with van der Waals surface area (Å²) >= 11 is 0. The number of carbonyl (C=O) groups is 2. The number of halogens is 1. The largest absolute Gasteiger partial charge is 0.348 e. The molecule has 0 bridgehead atoms. The van der Waals surface area contributed by atoms with Crippen molar-refractivity contribution in [3.05, 3.63) is 29.8 Å². The molecule has 0 saturated carbocycles. The van der Waals surface area contributed by atoms with Gasteiger partial charge >= 0.3 is 0 Å². The highest BCUT2D eigenvalue weighted by atomic mass is 35.5. The molecule has 0 aliphatic rings. The average Bonchev–Trinajstić information content (AvgIpc) is 2.58. The van der Waals surface area contributed by atoms with Gasteiger partial charge in [-0.3, -0.25) is 9.59 Å². The van der Waals surface area contributed by atoms with Gasteiger partial charge in [-0.25, -0.2) is 8.42 Å². The van der Waals surface area contributed by atoms with Crippen LogP contribution in [0.25, 0.3) is 0 Å². The lowest BCUT2D eigenvalue weighted by Gasteiger charge is -2.16. The standard InChI is InChI=1S/C17H27N3O4S.ClH/c1-4-5-6-14(11-18)19-17(22)13-7-9-15(10-8-13)25(23,24)12-16(21)20(2)3;/h7-10,14H,4-6,11-12,18H2,1-3H3,(H,19,22);1H. The van der Waals surface area contributed by atoms with E-state index in [1.807, 2.05) is 0 Å². The molecule has 9 heteroatoms. The lowest BCUT2D eigenvalue weighted by Crippen LogP contribution is -2.40. The van der Waals surface area contributed by atoms with Gasteiger partial charge in [-0.2, -0.15) is 0 Å². The molecule has 1 atom stereocenters. The van der Waals surface area contributed by atoms with E-state index in [9.17, 15) is 18.0 Å². The number of hydrogen-bond donors (Lipinski definition) is 2. The SMILES string of the molecule is CCCCC(CN)NC(=O)c1ccc(S(=O)(=O)CC(=O)N(C)C)cc1.Cl. The van der Waals surface area contributed by atoms with Gasteiger partial charge in [0.1, 0.15) is 5.75 Å². The third-order valence-electron chi connectivity index (χ3n) is 3.81. The van der Waals surface area contributed by atoms with E-state index in [4.69, 9.17) is 5.73 Å². The molecule has 3 N–H and O–H groups in total. The summed E-state index contributed by atoms with van der Waals surface area (Å²) in [6, 6.07) is 5.47. The zero-order chi connectivity index (χ0) is 19.0. The Balaban J connectivity index is 0.00000625. The van der Waals surface area contributed by atoms with Gasteiger partial charge in [0, 0.05) is 32.2 Å². The normalized spacial score (nSPS) is 12.0. The van der Waals surface area contributed by atoms with Gasteiger partial charge in [-0.15, -0.1) is 12.4 Å². The molecule has 0 saturated heterocycles. The van der Waals surface area contributed by atoms with Crippen LogP contribution in [0.5, 0.6) is 0 Å². The topological polar surface area (TPSA) is 110 Å². The van der Waals surface area contributed by atoms with E-state index in [0.29, 0.717) is 12.1 Å². The van der Waals surface area contributed by atoms with Crippen LogP contribution in [0.2, 0.25) is 0 Å². The molecule has 1 rings (SSSR count). The zero-order valence-corrected chi connectivity index (χ0v) is 17.0. The van der Waals surface area contributed by atoms with Crippen molar-refractivity contribution in [2.45, 2.75) is 37.1 Å². The van der Waals surface area contributed by atoms with Crippen LogP contribution in [0.1, 0.15) is 36.5 Å². The van der Waals surface area contributed by atoms with Crippen molar-refractivity contribution in [3.8, 4) is 0 Å². The van der Waals surface area contributed by atoms with Gasteiger partial charge in [-0.05, 0) is 30.7 Å². The van der Waals surface area contributed by atoms with Gasteiger partial charge in [-0.1, -0.05) is 19.8 Å². The first-order chi connectivity index (χ1) is 11.7. The Bertz CT molecular complexity index is 690. The molecular formula is C17H28ClN3O4S. The van der Waals surface area contributed by atoms with E-state index in [1.165, 1.54) is 43.3 Å². The Morgan fingerprint density at radius 3 is 2.23 bits per heavy atom. The van der Waals surface area contributed by atoms with Crippen LogP contribution in [0.3, 0.4) is 0 Å². The lowest BCUT2D eigenvalue weighted by molar-refractivity contribution is -0.125. The summed E-state index contributed by atoms with van der Waals surface area (Å²) in [6.07, 6.45) is 2.79. The summed E-state index contributed by atoms with van der Waals surface area (Å²) in [5.74, 6) is -1.39. The molecule has 0 aliphatic carbocycles. The number of nitrogens with zero attached hydrogens (tertiary/aromatic N) is 1. The molecule has 0 aromatic heterocycles. The summed E-state index contributed by atoms with van der Waals surface area (Å²) in [7, 11) is -0.734. The minimum Gasteiger partial charge on any atom is -0.348 e. The van der Waals surface area contributed by atoms with Gasteiger partial charge in [0.2, 0.25) is 5.91 Å². The third-order valence-corrected chi connectivity index (χ3v) is 5.43. The summed E-state index contributed by atoms with van der Waals surface area (Å²) in [5.41, 5.74) is 6.02. The molecule has 26 heavy (non-hydrogen) atoms. The smallest absolute Gasteiger partial charge is 0.251 e. The van der Waals surface area contributed by atoms with Crippen LogP contribution < -0.4 is 11.1 Å². The number of rotatable bonds is 9. The van der Waals surface area contributed by atoms with E-state index < -0.39 is 21.5 Å². The summed E-state index contributed by atoms with van der Waals surface area (Å²) in [6.45, 7) is 2.42. The number of nitrogens with one attached hydrogen (secondary N) is 1. The second kappa shape index (κ2) is 11.2. The van der Waals surface area contributed by atoms with Gasteiger partial charge < -0.3 is 16.0 Å². The van der Waals surface area contributed by atoms with Gasteiger partial charge in [0.15, 0.2) is 9.84 Å². The van der Waals surface area contributed by atoms with Crippen molar-refractivity contribution in [1.82, 2.24) is 10.2 Å². The Kier molecular flexibility index (Phi) is 10.4. The first-order valence-electron chi connectivity index (χ1n) is 8.25. The minimum atomic E-state index is -3.73. The Labute approximate surface area is 161 Å². The van der Waals surface area contributed by atoms with Crippen molar-refractivity contribution < 1.29 is 18.0 Å². The van der Waals surface area contributed by atoms with Gasteiger partial charge in [0.25, 0.3) is 5.91 Å². The van der Waals surface area contributed by atoms with Crippen molar-refractivity contribution in [2.24, 2.45) is 5.73 Å². The maximum atomic E-state index is 12.2. The molecule has 0 fully saturated rings. The molecule has 1 aromatic rings. The monoisotopic (exact) mass is 405 g/mol. The number of benzene rings is 1. The number of nitrogens with two attached hydrogens (primary N) is 1. The second-order valence-electron chi connectivity index (χ2n) is 6.12. The van der Waals surface area contributed by atoms with E-state index >= 15 is 0 Å². The molecule has 0 heterocycles. The molecule has 0 spiro atoms. The minimum absolute atomic E-state index is 0. The Hall–Kier alpha value is -1.64.